The summed E-state index contributed by atoms with van der Waals surface area (Å²) >= 11 is 0. The van der Waals surface area contributed by atoms with Crippen LogP contribution in [0.15, 0.2) is 12.7 Å². The van der Waals surface area contributed by atoms with E-state index >= 15 is 0 Å². The second kappa shape index (κ2) is 9.88. The summed E-state index contributed by atoms with van der Waals surface area (Å²) in [5.41, 5.74) is 1.15. The zero-order valence-corrected chi connectivity index (χ0v) is 18.0. The molecule has 170 valence electrons. The van der Waals surface area contributed by atoms with Crippen molar-refractivity contribution in [3.8, 4) is 0 Å². The Labute approximate surface area is 181 Å². The SMILES string of the molecule is CCCCCCC(=O)N1CCC(Nc2ncnc3c2ncn3[C@@H]2O[C@H](CO)C[C@H]2O)C1. The number of amides is 1. The number of nitrogens with one attached hydrogen (secondary N) is 1. The molecular formula is C21H32N6O4. The van der Waals surface area contributed by atoms with E-state index in [2.05, 4.69) is 27.2 Å². The van der Waals surface area contributed by atoms with E-state index in [0.29, 0.717) is 36.4 Å². The molecule has 4 rings (SSSR count). The quantitative estimate of drug-likeness (QED) is 0.509. The molecule has 1 amide bonds. The van der Waals surface area contributed by atoms with Crippen LogP contribution in [-0.4, -0.2) is 78.5 Å². The summed E-state index contributed by atoms with van der Waals surface area (Å²) in [6.45, 7) is 3.43. The average Bonchev–Trinajstić information content (AvgIpc) is 3.49. The number of unbranched alkanes of at least 4 members (excludes halogenated alkanes) is 3. The summed E-state index contributed by atoms with van der Waals surface area (Å²) in [7, 11) is 0. The third-order valence-corrected chi connectivity index (χ3v) is 6.13. The molecule has 3 N–H and O–H groups in total. The Hall–Kier alpha value is -2.30. The third kappa shape index (κ3) is 4.81. The number of carbonyl (C=O) groups is 1. The van der Waals surface area contributed by atoms with Gasteiger partial charge >= 0.3 is 0 Å². The van der Waals surface area contributed by atoms with Gasteiger partial charge in [0.25, 0.3) is 0 Å². The number of rotatable bonds is 9. The number of hydrogen-bond acceptors (Lipinski definition) is 8. The van der Waals surface area contributed by atoms with Gasteiger partial charge in [-0.3, -0.25) is 9.36 Å². The second-order valence-electron chi connectivity index (χ2n) is 8.46. The molecule has 0 aromatic carbocycles. The molecule has 0 aliphatic carbocycles. The van der Waals surface area contributed by atoms with Gasteiger partial charge in [0.2, 0.25) is 5.91 Å². The molecule has 2 saturated heterocycles. The summed E-state index contributed by atoms with van der Waals surface area (Å²) in [4.78, 5) is 27.5. The number of anilines is 1. The number of aromatic nitrogens is 4. The van der Waals surface area contributed by atoms with Gasteiger partial charge in [-0.1, -0.05) is 26.2 Å². The number of imidazole rings is 1. The molecule has 10 heteroatoms. The van der Waals surface area contributed by atoms with Crippen LogP contribution in [0.4, 0.5) is 5.82 Å². The van der Waals surface area contributed by atoms with E-state index in [4.69, 9.17) is 4.74 Å². The Balaban J connectivity index is 1.40. The maximum absolute atomic E-state index is 12.5. The van der Waals surface area contributed by atoms with Crippen LogP contribution < -0.4 is 5.32 Å². The molecule has 1 unspecified atom stereocenters. The van der Waals surface area contributed by atoms with Crippen LogP contribution in [0.2, 0.25) is 0 Å². The van der Waals surface area contributed by atoms with Crippen LogP contribution in [-0.2, 0) is 9.53 Å². The first-order valence-electron chi connectivity index (χ1n) is 11.3. The van der Waals surface area contributed by atoms with Gasteiger partial charge in [-0.15, -0.1) is 0 Å². The standard InChI is InChI=1S/C21H32N6O4/c1-2-3-4-5-6-17(30)26-8-7-14(10-26)25-19-18-20(23-12-22-19)27(13-24-18)21-16(29)9-15(11-28)31-21/h12-16,21,28-29H,2-11H2,1H3,(H,22,23,25)/t14?,15-,16+,21+/m0/s1. The minimum Gasteiger partial charge on any atom is -0.394 e. The molecule has 0 radical (unpaired) electrons. The van der Waals surface area contributed by atoms with E-state index in [0.717, 1.165) is 25.8 Å². The number of ether oxygens (including phenoxy) is 1. The predicted molar refractivity (Wildman–Crippen MR) is 114 cm³/mol. The maximum Gasteiger partial charge on any atom is 0.222 e. The fraction of sp³-hybridized carbons (Fsp3) is 0.714. The van der Waals surface area contributed by atoms with E-state index in [-0.39, 0.29) is 18.6 Å². The smallest absolute Gasteiger partial charge is 0.222 e. The first-order valence-corrected chi connectivity index (χ1v) is 11.3. The summed E-state index contributed by atoms with van der Waals surface area (Å²) < 4.78 is 7.42. The Kier molecular flexibility index (Phi) is 6.99. The number of aliphatic hydroxyl groups excluding tert-OH is 2. The number of nitrogens with zero attached hydrogens (tertiary/aromatic N) is 5. The van der Waals surface area contributed by atoms with Crippen molar-refractivity contribution in [3.05, 3.63) is 12.7 Å². The Morgan fingerprint density at radius 2 is 2.16 bits per heavy atom. The average molecular weight is 433 g/mol. The highest BCUT2D eigenvalue weighted by atomic mass is 16.5. The molecule has 0 spiro atoms. The van der Waals surface area contributed by atoms with Crippen molar-refractivity contribution < 1.29 is 19.7 Å². The molecule has 2 aromatic rings. The highest BCUT2D eigenvalue weighted by Crippen LogP contribution is 2.32. The molecule has 10 nitrogen and oxygen atoms in total. The second-order valence-corrected chi connectivity index (χ2v) is 8.46. The van der Waals surface area contributed by atoms with Gasteiger partial charge in [0.1, 0.15) is 12.4 Å². The molecule has 2 aliphatic heterocycles. The van der Waals surface area contributed by atoms with Crippen LogP contribution in [0, 0.1) is 0 Å². The normalized spacial score (nSPS) is 26.1. The van der Waals surface area contributed by atoms with E-state index in [1.54, 1.807) is 10.9 Å². The predicted octanol–water partition coefficient (Wildman–Crippen LogP) is 1.45. The highest BCUT2D eigenvalue weighted by molar-refractivity contribution is 5.83. The van der Waals surface area contributed by atoms with Crippen molar-refractivity contribution >= 4 is 22.9 Å². The van der Waals surface area contributed by atoms with Crippen molar-refractivity contribution in [3.63, 3.8) is 0 Å². The lowest BCUT2D eigenvalue weighted by molar-refractivity contribution is -0.130. The van der Waals surface area contributed by atoms with Crippen molar-refractivity contribution in [2.75, 3.05) is 25.0 Å². The maximum atomic E-state index is 12.5. The number of hydrogen-bond donors (Lipinski definition) is 3. The number of likely N-dealkylation sites (tertiary alicyclic amines) is 1. The van der Waals surface area contributed by atoms with Crippen molar-refractivity contribution in [1.29, 1.82) is 0 Å². The summed E-state index contributed by atoms with van der Waals surface area (Å²) in [6, 6.07) is 0.106. The van der Waals surface area contributed by atoms with Crippen LogP contribution in [0.3, 0.4) is 0 Å². The zero-order valence-electron chi connectivity index (χ0n) is 18.0. The Morgan fingerprint density at radius 1 is 1.29 bits per heavy atom. The molecular weight excluding hydrogens is 400 g/mol. The summed E-state index contributed by atoms with van der Waals surface area (Å²) in [6.07, 6.45) is 7.50. The van der Waals surface area contributed by atoms with E-state index in [1.807, 2.05) is 4.90 Å². The van der Waals surface area contributed by atoms with Crippen molar-refractivity contribution in [2.24, 2.45) is 0 Å². The lowest BCUT2D eigenvalue weighted by Crippen LogP contribution is -2.31. The van der Waals surface area contributed by atoms with Crippen molar-refractivity contribution in [2.45, 2.75) is 76.3 Å². The Morgan fingerprint density at radius 3 is 2.94 bits per heavy atom. The topological polar surface area (TPSA) is 126 Å². The minimum atomic E-state index is -0.743. The molecule has 2 fully saturated rings. The Bertz CT molecular complexity index is 890. The minimum absolute atomic E-state index is 0.106. The van der Waals surface area contributed by atoms with Gasteiger partial charge in [0, 0.05) is 32.0 Å². The van der Waals surface area contributed by atoms with E-state index in [9.17, 15) is 15.0 Å². The summed E-state index contributed by atoms with van der Waals surface area (Å²) in [5, 5.41) is 23.1. The first kappa shape index (κ1) is 21.9. The van der Waals surface area contributed by atoms with E-state index < -0.39 is 18.4 Å². The van der Waals surface area contributed by atoms with Gasteiger partial charge in [-0.2, -0.15) is 0 Å². The molecule has 0 saturated carbocycles. The van der Waals surface area contributed by atoms with Crippen LogP contribution >= 0.6 is 0 Å². The molecule has 2 aromatic heterocycles. The number of carbonyl (C=O) groups excluding carboxylic acids is 1. The van der Waals surface area contributed by atoms with Gasteiger partial charge in [0.15, 0.2) is 23.2 Å². The van der Waals surface area contributed by atoms with E-state index in [1.165, 1.54) is 19.2 Å². The highest BCUT2D eigenvalue weighted by Gasteiger charge is 2.36. The number of fused-ring (bicyclic) bond motifs is 1. The third-order valence-electron chi connectivity index (χ3n) is 6.13. The fourth-order valence-electron chi connectivity index (χ4n) is 4.40. The molecule has 4 heterocycles. The van der Waals surface area contributed by atoms with Gasteiger partial charge in [-0.25, -0.2) is 15.0 Å². The fourth-order valence-corrected chi connectivity index (χ4v) is 4.40. The van der Waals surface area contributed by atoms with Crippen LogP contribution in [0.5, 0.6) is 0 Å². The van der Waals surface area contributed by atoms with Gasteiger partial charge < -0.3 is 25.2 Å². The molecule has 2 aliphatic rings. The van der Waals surface area contributed by atoms with Crippen LogP contribution in [0.1, 0.15) is 58.1 Å². The lowest BCUT2D eigenvalue weighted by atomic mass is 10.1. The first-order chi connectivity index (χ1) is 15.1. The molecule has 0 bridgehead atoms. The monoisotopic (exact) mass is 432 g/mol. The summed E-state index contributed by atoms with van der Waals surface area (Å²) in [5.74, 6) is 0.834. The molecule has 4 atom stereocenters. The van der Waals surface area contributed by atoms with Gasteiger partial charge in [-0.05, 0) is 12.8 Å². The zero-order chi connectivity index (χ0) is 21.8. The van der Waals surface area contributed by atoms with Crippen molar-refractivity contribution in [1.82, 2.24) is 24.4 Å². The molecule has 31 heavy (non-hydrogen) atoms. The van der Waals surface area contributed by atoms with Crippen LogP contribution in [0.25, 0.3) is 11.2 Å². The lowest BCUT2D eigenvalue weighted by Gasteiger charge is -2.18. The van der Waals surface area contributed by atoms with Gasteiger partial charge in [0.05, 0.1) is 19.0 Å². The number of aliphatic hydroxyl groups is 2. The largest absolute Gasteiger partial charge is 0.394 e.